The van der Waals surface area contributed by atoms with Crippen molar-refractivity contribution >= 4 is 22.2 Å². The number of aryl methyl sites for hydroxylation is 4. The second kappa shape index (κ2) is 6.06. The fraction of sp³-hybridized carbons (Fsp3) is 0.167. The highest BCUT2D eigenvalue weighted by molar-refractivity contribution is 5.91. The van der Waals surface area contributed by atoms with Gasteiger partial charge in [0, 0.05) is 23.3 Å². The van der Waals surface area contributed by atoms with Crippen LogP contribution in [-0.2, 0) is 0 Å². The summed E-state index contributed by atoms with van der Waals surface area (Å²) in [5.41, 5.74) is 9.66. The van der Waals surface area contributed by atoms with Gasteiger partial charge < -0.3 is 8.83 Å². The van der Waals surface area contributed by atoms with Crippen LogP contribution in [0, 0.1) is 27.7 Å². The van der Waals surface area contributed by atoms with Gasteiger partial charge in [-0.25, -0.2) is 9.97 Å². The first-order chi connectivity index (χ1) is 13.4. The molecule has 5 rings (SSSR count). The number of fused-ring (bicyclic) bond motifs is 2. The lowest BCUT2D eigenvalue weighted by molar-refractivity contribution is 0.617. The Morgan fingerprint density at radius 1 is 0.500 bits per heavy atom. The molecule has 4 nitrogen and oxygen atoms in total. The fourth-order valence-corrected chi connectivity index (χ4v) is 3.79. The van der Waals surface area contributed by atoms with Crippen molar-refractivity contribution in [2.24, 2.45) is 0 Å². The van der Waals surface area contributed by atoms with Crippen molar-refractivity contribution in [2.75, 3.05) is 0 Å². The van der Waals surface area contributed by atoms with Crippen molar-refractivity contribution in [2.45, 2.75) is 27.7 Å². The molecule has 28 heavy (non-hydrogen) atoms. The van der Waals surface area contributed by atoms with Gasteiger partial charge >= 0.3 is 0 Å². The summed E-state index contributed by atoms with van der Waals surface area (Å²) in [6.07, 6.45) is 0. The van der Waals surface area contributed by atoms with Crippen molar-refractivity contribution in [3.63, 3.8) is 0 Å². The molecule has 138 valence electrons. The molecule has 0 fully saturated rings. The summed E-state index contributed by atoms with van der Waals surface area (Å²) in [5.74, 6) is 1.23. The minimum absolute atomic E-state index is 0.615. The smallest absolute Gasteiger partial charge is 0.227 e. The highest BCUT2D eigenvalue weighted by Crippen LogP contribution is 2.31. The third-order valence-electron chi connectivity index (χ3n) is 4.84. The van der Waals surface area contributed by atoms with E-state index in [0.717, 1.165) is 22.2 Å². The van der Waals surface area contributed by atoms with Crippen molar-refractivity contribution in [1.82, 2.24) is 9.97 Å². The SMILES string of the molecule is Cc1cc(C)cc(-c2nc3cc4oc(-c5cc(C)cc(C)c5)nc4cc3o2)c1. The highest BCUT2D eigenvalue weighted by Gasteiger charge is 2.15. The van der Waals surface area contributed by atoms with Crippen LogP contribution in [-0.4, -0.2) is 9.97 Å². The molecule has 0 aliphatic rings. The summed E-state index contributed by atoms with van der Waals surface area (Å²) in [6.45, 7) is 8.30. The molecule has 3 aromatic carbocycles. The van der Waals surface area contributed by atoms with E-state index in [9.17, 15) is 0 Å². The van der Waals surface area contributed by atoms with Crippen LogP contribution in [0.1, 0.15) is 22.3 Å². The summed E-state index contributed by atoms with van der Waals surface area (Å²) in [4.78, 5) is 9.34. The molecule has 0 aliphatic heterocycles. The standard InChI is InChI=1S/C24H20N2O2/c1-13-5-14(2)8-17(7-13)23-25-19-11-22-20(12-21(19)27-23)26-24(28-22)18-9-15(3)6-16(4)10-18/h5-12H,1-4H3. The molecule has 0 bridgehead atoms. The number of hydrogen-bond acceptors (Lipinski definition) is 4. The molecule has 0 amide bonds. The number of hydrogen-bond donors (Lipinski definition) is 0. The minimum Gasteiger partial charge on any atom is -0.436 e. The Hall–Kier alpha value is -3.40. The van der Waals surface area contributed by atoms with E-state index < -0.39 is 0 Å². The van der Waals surface area contributed by atoms with Gasteiger partial charge in [0.2, 0.25) is 11.8 Å². The lowest BCUT2D eigenvalue weighted by Gasteiger charge is -2.00. The number of nitrogens with zero attached hydrogens (tertiary/aromatic N) is 2. The highest BCUT2D eigenvalue weighted by atomic mass is 16.4. The lowest BCUT2D eigenvalue weighted by atomic mass is 10.1. The molecule has 0 saturated heterocycles. The van der Waals surface area contributed by atoms with Crippen LogP contribution < -0.4 is 0 Å². The van der Waals surface area contributed by atoms with Crippen LogP contribution in [0.4, 0.5) is 0 Å². The maximum Gasteiger partial charge on any atom is 0.227 e. The van der Waals surface area contributed by atoms with Crippen LogP contribution in [0.5, 0.6) is 0 Å². The average Bonchev–Trinajstić information content (AvgIpc) is 3.20. The van der Waals surface area contributed by atoms with Gasteiger partial charge in [-0.2, -0.15) is 0 Å². The first-order valence-electron chi connectivity index (χ1n) is 9.33. The van der Waals surface area contributed by atoms with Gasteiger partial charge in [-0.1, -0.05) is 34.4 Å². The molecule has 5 aromatic rings. The van der Waals surface area contributed by atoms with Gasteiger partial charge in [-0.3, -0.25) is 0 Å². The summed E-state index contributed by atoms with van der Waals surface area (Å²) in [5, 5.41) is 0. The van der Waals surface area contributed by atoms with E-state index in [4.69, 9.17) is 8.83 Å². The van der Waals surface area contributed by atoms with Crippen LogP contribution >= 0.6 is 0 Å². The summed E-state index contributed by atoms with van der Waals surface area (Å²) in [7, 11) is 0. The molecule has 0 saturated carbocycles. The summed E-state index contributed by atoms with van der Waals surface area (Å²) >= 11 is 0. The molecule has 2 heterocycles. The van der Waals surface area contributed by atoms with Gasteiger partial charge in [0.25, 0.3) is 0 Å². The number of benzene rings is 3. The second-order valence-electron chi connectivity index (χ2n) is 7.58. The van der Waals surface area contributed by atoms with Crippen molar-refractivity contribution in [1.29, 1.82) is 0 Å². The molecule has 0 atom stereocenters. The van der Waals surface area contributed by atoms with Crippen LogP contribution in [0.15, 0.2) is 57.4 Å². The van der Waals surface area contributed by atoms with E-state index in [1.165, 1.54) is 22.3 Å². The topological polar surface area (TPSA) is 52.1 Å². The fourth-order valence-electron chi connectivity index (χ4n) is 3.79. The molecule has 0 radical (unpaired) electrons. The second-order valence-corrected chi connectivity index (χ2v) is 7.58. The molecular formula is C24H20N2O2. The average molecular weight is 368 g/mol. The quantitative estimate of drug-likeness (QED) is 0.355. The minimum atomic E-state index is 0.615. The third kappa shape index (κ3) is 2.87. The van der Waals surface area contributed by atoms with Gasteiger partial charge in [-0.15, -0.1) is 0 Å². The monoisotopic (exact) mass is 368 g/mol. The Balaban J connectivity index is 1.62. The van der Waals surface area contributed by atoms with E-state index in [0.29, 0.717) is 22.9 Å². The van der Waals surface area contributed by atoms with E-state index >= 15 is 0 Å². The molecule has 4 heteroatoms. The first-order valence-corrected chi connectivity index (χ1v) is 9.33. The maximum atomic E-state index is 6.03. The zero-order valence-electron chi connectivity index (χ0n) is 16.3. The third-order valence-corrected chi connectivity index (χ3v) is 4.84. The molecule has 0 N–H and O–H groups in total. The number of rotatable bonds is 2. The Kier molecular flexibility index (Phi) is 3.63. The van der Waals surface area contributed by atoms with Crippen molar-refractivity contribution in [3.8, 4) is 22.9 Å². The van der Waals surface area contributed by atoms with Crippen molar-refractivity contribution in [3.05, 3.63) is 70.8 Å². The van der Waals surface area contributed by atoms with Gasteiger partial charge in [0.15, 0.2) is 11.2 Å². The molecular weight excluding hydrogens is 348 g/mol. The Morgan fingerprint density at radius 2 is 0.857 bits per heavy atom. The number of aromatic nitrogens is 2. The van der Waals surface area contributed by atoms with Gasteiger partial charge in [0.1, 0.15) is 11.0 Å². The molecule has 0 unspecified atom stereocenters. The Bertz CT molecular complexity index is 1170. The van der Waals surface area contributed by atoms with Crippen LogP contribution in [0.25, 0.3) is 45.1 Å². The van der Waals surface area contributed by atoms with Gasteiger partial charge in [0.05, 0.1) is 0 Å². The Morgan fingerprint density at radius 3 is 1.21 bits per heavy atom. The lowest BCUT2D eigenvalue weighted by Crippen LogP contribution is -1.82. The summed E-state index contributed by atoms with van der Waals surface area (Å²) in [6, 6.07) is 16.4. The number of oxazole rings is 2. The predicted molar refractivity (Wildman–Crippen MR) is 111 cm³/mol. The Labute approximate surface area is 162 Å². The molecule has 0 spiro atoms. The van der Waals surface area contributed by atoms with Gasteiger partial charge in [-0.05, 0) is 52.0 Å². The van der Waals surface area contributed by atoms with E-state index in [2.05, 4.69) is 74.1 Å². The largest absolute Gasteiger partial charge is 0.436 e. The first kappa shape index (κ1) is 16.8. The van der Waals surface area contributed by atoms with Crippen molar-refractivity contribution < 1.29 is 8.83 Å². The maximum absolute atomic E-state index is 6.03. The van der Waals surface area contributed by atoms with E-state index in [-0.39, 0.29) is 0 Å². The van der Waals surface area contributed by atoms with Crippen LogP contribution in [0.3, 0.4) is 0 Å². The van der Waals surface area contributed by atoms with E-state index in [1.807, 2.05) is 12.1 Å². The summed E-state index contributed by atoms with van der Waals surface area (Å²) < 4.78 is 12.1. The van der Waals surface area contributed by atoms with Crippen LogP contribution in [0.2, 0.25) is 0 Å². The van der Waals surface area contributed by atoms with E-state index in [1.54, 1.807) is 0 Å². The molecule has 2 aromatic heterocycles. The normalized spacial score (nSPS) is 11.6. The zero-order chi connectivity index (χ0) is 19.4. The predicted octanol–water partition coefficient (Wildman–Crippen LogP) is 6.54. The molecule has 0 aliphatic carbocycles. The zero-order valence-corrected chi connectivity index (χ0v) is 16.3.